The maximum Gasteiger partial charge on any atom is 0.203 e. The number of hydrogen-bond acceptors (Lipinski definition) is 3. The van der Waals surface area contributed by atoms with Gasteiger partial charge in [-0.1, -0.05) is 6.92 Å². The van der Waals surface area contributed by atoms with Crippen LogP contribution < -0.4 is 5.32 Å². The summed E-state index contributed by atoms with van der Waals surface area (Å²) in [6.07, 6.45) is 5.18. The van der Waals surface area contributed by atoms with Gasteiger partial charge >= 0.3 is 0 Å². The fourth-order valence-corrected chi connectivity index (χ4v) is 3.49. The zero-order valence-corrected chi connectivity index (χ0v) is 11.4. The zero-order chi connectivity index (χ0) is 12.3. The molecule has 0 amide bonds. The quantitative estimate of drug-likeness (QED) is 0.894. The molecular weight excluding hydrogens is 234 g/mol. The summed E-state index contributed by atoms with van der Waals surface area (Å²) in [6.45, 7) is 5.19. The summed E-state index contributed by atoms with van der Waals surface area (Å²) < 4.78 is 13.5. The van der Waals surface area contributed by atoms with Gasteiger partial charge in [0.15, 0.2) is 0 Å². The molecule has 1 aliphatic heterocycles. The molecule has 0 bridgehead atoms. The van der Waals surface area contributed by atoms with Gasteiger partial charge in [-0.25, -0.2) is 4.98 Å². The van der Waals surface area contributed by atoms with Crippen molar-refractivity contribution in [2.75, 3.05) is 16.8 Å². The zero-order valence-electron chi connectivity index (χ0n) is 10.6. The molecule has 0 radical (unpaired) electrons. The highest BCUT2D eigenvalue weighted by atomic mass is 32.2. The fraction of sp³-hybridized carbons (Fsp3) is 0.750. The van der Waals surface area contributed by atoms with E-state index < -0.39 is 10.8 Å². The van der Waals surface area contributed by atoms with Gasteiger partial charge in [0.25, 0.3) is 0 Å². The molecular formula is C12H21N3OS. The molecule has 2 rings (SSSR count). The molecule has 96 valence electrons. The lowest BCUT2D eigenvalue weighted by atomic mass is 10.2. The summed E-state index contributed by atoms with van der Waals surface area (Å²) in [4.78, 5) is 4.52. The molecule has 1 aliphatic rings. The summed E-state index contributed by atoms with van der Waals surface area (Å²) in [6, 6.07) is 0.435. The fourth-order valence-electron chi connectivity index (χ4n) is 2.19. The van der Waals surface area contributed by atoms with Gasteiger partial charge in [-0.2, -0.15) is 0 Å². The smallest absolute Gasteiger partial charge is 0.203 e. The van der Waals surface area contributed by atoms with E-state index in [1.165, 1.54) is 0 Å². The normalized spacial score (nSPS) is 24.8. The van der Waals surface area contributed by atoms with Crippen LogP contribution >= 0.6 is 0 Å². The van der Waals surface area contributed by atoms with Crippen LogP contribution in [-0.2, 0) is 17.3 Å². The van der Waals surface area contributed by atoms with Gasteiger partial charge in [-0.15, -0.1) is 0 Å². The van der Waals surface area contributed by atoms with Crippen molar-refractivity contribution in [2.45, 2.75) is 45.7 Å². The lowest BCUT2D eigenvalue weighted by Gasteiger charge is -2.23. The first-order chi connectivity index (χ1) is 8.19. The lowest BCUT2D eigenvalue weighted by Crippen LogP contribution is -2.30. The first-order valence-corrected chi connectivity index (χ1v) is 7.83. The SMILES string of the molecule is CCCn1cc(C)nc1NC1CCS(=O)CC1. The average Bonchev–Trinajstić information content (AvgIpc) is 2.63. The van der Waals surface area contributed by atoms with E-state index in [1.54, 1.807) is 0 Å². The van der Waals surface area contributed by atoms with Gasteiger partial charge in [-0.3, -0.25) is 4.21 Å². The Balaban J connectivity index is 2.00. The van der Waals surface area contributed by atoms with Crippen molar-refractivity contribution in [3.8, 4) is 0 Å². The van der Waals surface area contributed by atoms with Gasteiger partial charge in [-0.05, 0) is 26.2 Å². The van der Waals surface area contributed by atoms with Crippen molar-refractivity contribution in [1.29, 1.82) is 0 Å². The molecule has 0 aliphatic carbocycles. The number of anilines is 1. The predicted molar refractivity (Wildman–Crippen MR) is 71.8 cm³/mol. The molecule has 1 N–H and O–H groups in total. The van der Waals surface area contributed by atoms with E-state index in [0.717, 1.165) is 49.0 Å². The Kier molecular flexibility index (Phi) is 4.20. The van der Waals surface area contributed by atoms with Gasteiger partial charge in [0.2, 0.25) is 5.95 Å². The van der Waals surface area contributed by atoms with Crippen LogP contribution in [0.25, 0.3) is 0 Å². The van der Waals surface area contributed by atoms with E-state index in [0.29, 0.717) is 6.04 Å². The second-order valence-electron chi connectivity index (χ2n) is 4.67. The van der Waals surface area contributed by atoms with E-state index in [4.69, 9.17) is 0 Å². The molecule has 1 aromatic rings. The van der Waals surface area contributed by atoms with E-state index in [-0.39, 0.29) is 0 Å². The second-order valence-corrected chi connectivity index (χ2v) is 6.36. The number of rotatable bonds is 4. The van der Waals surface area contributed by atoms with E-state index in [9.17, 15) is 4.21 Å². The van der Waals surface area contributed by atoms with Crippen LogP contribution in [0.4, 0.5) is 5.95 Å². The third-order valence-electron chi connectivity index (χ3n) is 3.08. The monoisotopic (exact) mass is 255 g/mol. The molecule has 1 saturated heterocycles. The highest BCUT2D eigenvalue weighted by molar-refractivity contribution is 7.85. The maximum absolute atomic E-state index is 11.3. The molecule has 0 spiro atoms. The highest BCUT2D eigenvalue weighted by Crippen LogP contribution is 2.16. The molecule has 1 fully saturated rings. The second kappa shape index (κ2) is 5.67. The maximum atomic E-state index is 11.3. The molecule has 4 nitrogen and oxygen atoms in total. The highest BCUT2D eigenvalue weighted by Gasteiger charge is 2.19. The van der Waals surface area contributed by atoms with Crippen molar-refractivity contribution in [3.63, 3.8) is 0 Å². The number of nitrogens with zero attached hydrogens (tertiary/aromatic N) is 2. The Morgan fingerprint density at radius 3 is 2.88 bits per heavy atom. The molecule has 17 heavy (non-hydrogen) atoms. The lowest BCUT2D eigenvalue weighted by molar-refractivity contribution is 0.608. The largest absolute Gasteiger partial charge is 0.353 e. The first-order valence-electron chi connectivity index (χ1n) is 6.34. The molecule has 5 heteroatoms. The third-order valence-corrected chi connectivity index (χ3v) is 4.46. The molecule has 0 atom stereocenters. The van der Waals surface area contributed by atoms with Crippen LogP contribution in [0, 0.1) is 6.92 Å². The molecule has 0 unspecified atom stereocenters. The Bertz CT molecular complexity index is 392. The Morgan fingerprint density at radius 2 is 2.24 bits per heavy atom. The van der Waals surface area contributed by atoms with Crippen LogP contribution in [0.3, 0.4) is 0 Å². The predicted octanol–water partition coefficient (Wildman–Crippen LogP) is 1.92. The number of aryl methyl sites for hydroxylation is 2. The molecule has 0 aromatic carbocycles. The third kappa shape index (κ3) is 3.31. The average molecular weight is 255 g/mol. The number of aromatic nitrogens is 2. The van der Waals surface area contributed by atoms with Crippen molar-refractivity contribution in [2.24, 2.45) is 0 Å². The summed E-state index contributed by atoms with van der Waals surface area (Å²) in [5.74, 6) is 2.62. The standard InChI is InChI=1S/C12H21N3OS/c1-3-6-15-9-10(2)13-12(15)14-11-4-7-17(16)8-5-11/h9,11H,3-8H2,1-2H3,(H,13,14). The van der Waals surface area contributed by atoms with E-state index >= 15 is 0 Å². The minimum absolute atomic E-state index is 0.435. The minimum Gasteiger partial charge on any atom is -0.353 e. The van der Waals surface area contributed by atoms with Crippen LogP contribution in [0.1, 0.15) is 31.9 Å². The summed E-state index contributed by atoms with van der Waals surface area (Å²) in [5, 5.41) is 3.49. The summed E-state index contributed by atoms with van der Waals surface area (Å²) in [5.41, 5.74) is 1.06. The van der Waals surface area contributed by atoms with Crippen molar-refractivity contribution in [1.82, 2.24) is 9.55 Å². The molecule has 1 aromatic heterocycles. The van der Waals surface area contributed by atoms with Gasteiger partial charge in [0, 0.05) is 41.1 Å². The topological polar surface area (TPSA) is 46.9 Å². The Labute approximate surface area is 105 Å². The van der Waals surface area contributed by atoms with Gasteiger partial charge in [0.05, 0.1) is 5.69 Å². The Hall–Kier alpha value is -0.840. The van der Waals surface area contributed by atoms with E-state index in [1.807, 2.05) is 6.92 Å². The Morgan fingerprint density at radius 1 is 1.53 bits per heavy atom. The van der Waals surface area contributed by atoms with Crippen LogP contribution in [0.2, 0.25) is 0 Å². The first kappa shape index (κ1) is 12.6. The number of nitrogens with one attached hydrogen (secondary N) is 1. The van der Waals surface area contributed by atoms with Gasteiger partial charge in [0.1, 0.15) is 0 Å². The van der Waals surface area contributed by atoms with Crippen LogP contribution in [0.5, 0.6) is 0 Å². The minimum atomic E-state index is -0.590. The summed E-state index contributed by atoms with van der Waals surface area (Å²) >= 11 is 0. The number of imidazole rings is 1. The van der Waals surface area contributed by atoms with Gasteiger partial charge < -0.3 is 9.88 Å². The van der Waals surface area contributed by atoms with Crippen LogP contribution in [0.15, 0.2) is 6.20 Å². The van der Waals surface area contributed by atoms with E-state index in [2.05, 4.69) is 28.0 Å². The summed E-state index contributed by atoms with van der Waals surface area (Å²) in [7, 11) is -0.590. The van der Waals surface area contributed by atoms with Crippen molar-refractivity contribution >= 4 is 16.7 Å². The number of hydrogen-bond donors (Lipinski definition) is 1. The van der Waals surface area contributed by atoms with Crippen molar-refractivity contribution < 1.29 is 4.21 Å². The van der Waals surface area contributed by atoms with Crippen LogP contribution in [-0.4, -0.2) is 31.3 Å². The molecule has 0 saturated carbocycles. The van der Waals surface area contributed by atoms with Crippen molar-refractivity contribution in [3.05, 3.63) is 11.9 Å². The molecule has 2 heterocycles.